The lowest BCUT2D eigenvalue weighted by Crippen LogP contribution is -2.75. The van der Waals surface area contributed by atoms with Crippen LogP contribution >= 0.6 is 0 Å². The first kappa shape index (κ1) is 18.3. The highest BCUT2D eigenvalue weighted by atomic mass is 16.5. The number of hydrogen-bond acceptors (Lipinski definition) is 5. The lowest BCUT2D eigenvalue weighted by molar-refractivity contribution is -0.561. The van der Waals surface area contributed by atoms with Crippen molar-refractivity contribution >= 4 is 17.6 Å². The number of carboxylic acids is 2. The van der Waals surface area contributed by atoms with Gasteiger partial charge in [0.05, 0.1) is 13.7 Å². The van der Waals surface area contributed by atoms with Crippen molar-refractivity contribution in [3.8, 4) is 11.5 Å². The fourth-order valence-corrected chi connectivity index (χ4v) is 2.42. The highest BCUT2D eigenvalue weighted by molar-refractivity contribution is 6.26. The number of carbonyl (C=O) groups excluding carboxylic acids is 1. The van der Waals surface area contributed by atoms with Crippen LogP contribution in [-0.2, 0) is 22.6 Å². The van der Waals surface area contributed by atoms with E-state index in [0.29, 0.717) is 6.61 Å². The molecule has 0 radical (unpaired) electrons. The summed E-state index contributed by atoms with van der Waals surface area (Å²) in [6, 6.07) is 14.4. The normalized spacial score (nSPS) is 11.7. The Labute approximate surface area is 144 Å². The molecule has 2 aromatic carbocycles. The Morgan fingerprint density at radius 3 is 2.48 bits per heavy atom. The summed E-state index contributed by atoms with van der Waals surface area (Å²) in [5.74, 6) is -2.36. The van der Waals surface area contributed by atoms with Gasteiger partial charge in [-0.2, -0.15) is 0 Å². The van der Waals surface area contributed by atoms with Gasteiger partial charge in [-0.3, -0.25) is 0 Å². The van der Waals surface area contributed by atoms with Gasteiger partial charge in [0.2, 0.25) is 0 Å². The zero-order chi connectivity index (χ0) is 18.2. The van der Waals surface area contributed by atoms with Crippen LogP contribution in [-0.4, -0.2) is 30.7 Å². The molecule has 2 aromatic rings. The van der Waals surface area contributed by atoms with Crippen LogP contribution < -0.4 is 19.9 Å². The molecular formula is C18H19NO6. The van der Waals surface area contributed by atoms with Crippen LogP contribution in [0.25, 0.3) is 0 Å². The first-order valence-electron chi connectivity index (χ1n) is 7.66. The number of methoxy groups -OCH3 is 1. The topological polar surface area (TPSA) is 113 Å². The minimum Gasteiger partial charge on any atom is -0.539 e. The molecule has 0 atom stereocenters. The zero-order valence-corrected chi connectivity index (χ0v) is 13.7. The van der Waals surface area contributed by atoms with Crippen molar-refractivity contribution < 1.29 is 34.6 Å². The molecule has 132 valence electrons. The van der Waals surface area contributed by atoms with Crippen LogP contribution in [0, 0.1) is 0 Å². The highest BCUT2D eigenvalue weighted by Crippen LogP contribution is 2.33. The summed E-state index contributed by atoms with van der Waals surface area (Å²) in [5, 5.41) is 18.6. The van der Waals surface area contributed by atoms with E-state index in [1.54, 1.807) is 7.11 Å². The number of aliphatic carboxylic acids is 2. The number of fused-ring (bicyclic) bond motifs is 1. The number of quaternary nitrogens is 1. The monoisotopic (exact) mass is 345 g/mol. The average molecular weight is 345 g/mol. The van der Waals surface area contributed by atoms with E-state index in [4.69, 9.17) is 29.3 Å². The number of rotatable bonds is 4. The molecule has 3 N–H and O–H groups in total. The second-order valence-corrected chi connectivity index (χ2v) is 5.31. The third-order valence-electron chi connectivity index (χ3n) is 3.62. The van der Waals surface area contributed by atoms with E-state index in [-0.39, 0.29) is 0 Å². The number of ether oxygens (including phenoxy) is 2. The van der Waals surface area contributed by atoms with Gasteiger partial charge in [-0.15, -0.1) is 0 Å². The predicted octanol–water partition coefficient (Wildman–Crippen LogP) is -0.154. The minimum atomic E-state index is -2.07. The molecule has 0 saturated heterocycles. The summed E-state index contributed by atoms with van der Waals surface area (Å²) in [7, 11) is 1.69. The maximum Gasteiger partial charge on any atom is 0.351 e. The molecule has 0 saturated carbocycles. The van der Waals surface area contributed by atoms with Crippen LogP contribution in [0.5, 0.6) is 11.5 Å². The van der Waals surface area contributed by atoms with Gasteiger partial charge in [0.25, 0.3) is 0 Å². The van der Waals surface area contributed by atoms with E-state index in [9.17, 15) is 0 Å². The summed E-state index contributed by atoms with van der Waals surface area (Å²) < 4.78 is 11.3. The maximum atomic E-state index is 9.04. The van der Waals surface area contributed by atoms with E-state index in [1.165, 1.54) is 11.3 Å². The molecular weight excluding hydrogens is 326 g/mol. The standard InChI is InChI=1S/C16H17NO2.C2H2O4/c1-18-15-9-13-7-8-17-14(13)10-16(15)19-11-12-5-3-2-4-6-12;3-1(4)2(5)6/h2-6,9-10,17H,7-8,11H2,1H3;(H,3,4)(H,5,6). The first-order valence-corrected chi connectivity index (χ1v) is 7.66. The van der Waals surface area contributed by atoms with E-state index in [0.717, 1.165) is 30.0 Å². The number of carbonyl (C=O) groups is 2. The Balaban J connectivity index is 0.000000326. The molecule has 0 spiro atoms. The van der Waals surface area contributed by atoms with Gasteiger partial charge in [-0.25, -0.2) is 4.79 Å². The summed E-state index contributed by atoms with van der Waals surface area (Å²) in [6.45, 7) is 1.68. The van der Waals surface area contributed by atoms with Gasteiger partial charge in [0, 0.05) is 18.1 Å². The number of hydrogen-bond donors (Lipinski definition) is 2. The van der Waals surface area contributed by atoms with Gasteiger partial charge in [0.1, 0.15) is 12.3 Å². The van der Waals surface area contributed by atoms with Crippen molar-refractivity contribution in [2.24, 2.45) is 0 Å². The molecule has 25 heavy (non-hydrogen) atoms. The van der Waals surface area contributed by atoms with Crippen molar-refractivity contribution in [2.75, 3.05) is 13.7 Å². The smallest absolute Gasteiger partial charge is 0.351 e. The van der Waals surface area contributed by atoms with Gasteiger partial charge < -0.3 is 29.8 Å². The van der Waals surface area contributed by atoms with Crippen LogP contribution in [0.2, 0.25) is 0 Å². The quantitative estimate of drug-likeness (QED) is 0.588. The molecule has 0 bridgehead atoms. The number of nitrogens with two attached hydrogens (primary N) is 1. The third-order valence-corrected chi connectivity index (χ3v) is 3.62. The highest BCUT2D eigenvalue weighted by Gasteiger charge is 2.19. The summed E-state index contributed by atoms with van der Waals surface area (Å²) in [5.41, 5.74) is 3.79. The molecule has 1 heterocycles. The van der Waals surface area contributed by atoms with E-state index in [1.807, 2.05) is 18.2 Å². The third kappa shape index (κ3) is 5.22. The molecule has 1 aliphatic heterocycles. The predicted molar refractivity (Wildman–Crippen MR) is 86.6 cm³/mol. The largest absolute Gasteiger partial charge is 0.539 e. The molecule has 0 aromatic heterocycles. The molecule has 3 rings (SSSR count). The van der Waals surface area contributed by atoms with Crippen LogP contribution in [0.1, 0.15) is 11.1 Å². The van der Waals surface area contributed by atoms with Crippen molar-refractivity contribution in [1.82, 2.24) is 0 Å². The molecule has 0 amide bonds. The molecule has 0 aliphatic carbocycles. The van der Waals surface area contributed by atoms with Gasteiger partial charge in [-0.1, -0.05) is 30.3 Å². The van der Waals surface area contributed by atoms with E-state index < -0.39 is 11.9 Å². The van der Waals surface area contributed by atoms with Crippen molar-refractivity contribution in [1.29, 1.82) is 0 Å². The summed E-state index contributed by atoms with van der Waals surface area (Å²) in [6.07, 6.45) is 1.10. The Bertz CT molecular complexity index is 733. The Morgan fingerprint density at radius 2 is 1.88 bits per heavy atom. The maximum absolute atomic E-state index is 9.04. The van der Waals surface area contributed by atoms with Crippen LogP contribution in [0.3, 0.4) is 0 Å². The van der Waals surface area contributed by atoms with Crippen LogP contribution in [0.15, 0.2) is 42.5 Å². The molecule has 7 heteroatoms. The molecule has 0 unspecified atom stereocenters. The fraction of sp³-hybridized carbons (Fsp3) is 0.222. The fourth-order valence-electron chi connectivity index (χ4n) is 2.42. The average Bonchev–Trinajstić information content (AvgIpc) is 3.07. The Morgan fingerprint density at radius 1 is 1.20 bits per heavy atom. The van der Waals surface area contributed by atoms with Crippen molar-refractivity contribution in [3.05, 3.63) is 53.6 Å². The molecule has 0 fully saturated rings. The van der Waals surface area contributed by atoms with Gasteiger partial charge >= 0.3 is 5.97 Å². The second kappa shape index (κ2) is 8.70. The Hall–Kier alpha value is -3.06. The lowest BCUT2D eigenvalue weighted by atomic mass is 10.1. The SMILES string of the molecule is COc1cc2c(cc1OCc1ccccc1)[NH2+]CC2.O=C([O-])C(=O)O. The van der Waals surface area contributed by atoms with Gasteiger partial charge in [0.15, 0.2) is 17.5 Å². The Kier molecular flexibility index (Phi) is 6.36. The molecule has 7 nitrogen and oxygen atoms in total. The minimum absolute atomic E-state index is 0.565. The van der Waals surface area contributed by atoms with E-state index in [2.05, 4.69) is 29.6 Å². The zero-order valence-electron chi connectivity index (χ0n) is 13.7. The van der Waals surface area contributed by atoms with Crippen LogP contribution in [0.4, 0.5) is 5.69 Å². The molecule has 1 aliphatic rings. The lowest BCUT2D eigenvalue weighted by Gasteiger charge is -2.11. The van der Waals surface area contributed by atoms with Crippen molar-refractivity contribution in [3.63, 3.8) is 0 Å². The number of benzene rings is 2. The summed E-state index contributed by atoms with van der Waals surface area (Å²) >= 11 is 0. The second-order valence-electron chi connectivity index (χ2n) is 5.31. The van der Waals surface area contributed by atoms with Gasteiger partial charge in [-0.05, 0) is 11.6 Å². The number of carboxylic acid groups (broad SMARTS) is 2. The first-order chi connectivity index (χ1) is 12.0. The van der Waals surface area contributed by atoms with E-state index >= 15 is 0 Å². The van der Waals surface area contributed by atoms with Crippen molar-refractivity contribution in [2.45, 2.75) is 13.0 Å². The summed E-state index contributed by atoms with van der Waals surface area (Å²) in [4.78, 5) is 18.0.